The fraction of sp³-hybridized carbons (Fsp3) is 0.786. The van der Waals surface area contributed by atoms with Crippen LogP contribution < -0.4 is 16.4 Å². The summed E-state index contributed by atoms with van der Waals surface area (Å²) in [4.78, 5) is 18.3. The standard InChI is InChI=1S/C14H25BN6O5P/c1-3-20(4-2)14-18-11(16)8-12(19-14)21(6-17-8)13-9(22)10-7(25-13)5-24-27(15,23)26-10/h7,9-11,13,17,22-23H,3-6,16H2,1-2H3,(H,18,19)/q+1/t7?,9?,10-,11?,13?,27?/m1/s1. The van der Waals surface area contributed by atoms with Crippen LogP contribution in [-0.4, -0.2) is 90.4 Å². The van der Waals surface area contributed by atoms with Gasteiger partial charge in [-0.25, -0.2) is 9.89 Å². The average Bonchev–Trinajstić information content (AvgIpc) is 3.17. The summed E-state index contributed by atoms with van der Waals surface area (Å²) in [7, 11) is 2.15. The third-order valence-electron chi connectivity index (χ3n) is 5.15. The predicted molar refractivity (Wildman–Crippen MR) is 98.7 cm³/mol. The quantitative estimate of drug-likeness (QED) is 0.266. The van der Waals surface area contributed by atoms with Crippen LogP contribution in [0, 0.1) is 0 Å². The summed E-state index contributed by atoms with van der Waals surface area (Å²) in [6, 6.07) is 0. The molecule has 0 aliphatic carbocycles. The Morgan fingerprint density at radius 3 is 2.89 bits per heavy atom. The number of fused-ring (bicyclic) bond motifs is 1. The van der Waals surface area contributed by atoms with E-state index in [9.17, 15) is 10.00 Å². The summed E-state index contributed by atoms with van der Waals surface area (Å²) in [5, 5.41) is 17.3. The molecule has 0 amide bonds. The molecule has 6 N–H and O–H groups in total. The van der Waals surface area contributed by atoms with Gasteiger partial charge in [-0.2, -0.15) is 9.05 Å². The molecule has 4 aliphatic rings. The number of hydrogen-bond donors (Lipinski definition) is 5. The molecule has 4 aliphatic heterocycles. The number of guanidine groups is 1. The minimum atomic E-state index is -3.42. The molecule has 11 nitrogen and oxygen atoms in total. The van der Waals surface area contributed by atoms with Crippen molar-refractivity contribution in [2.24, 2.45) is 10.7 Å². The molecule has 0 aromatic carbocycles. The van der Waals surface area contributed by atoms with Crippen LogP contribution >= 0.6 is 7.82 Å². The number of ether oxygens (including phenoxy) is 1. The monoisotopic (exact) mass is 399 g/mol. The van der Waals surface area contributed by atoms with E-state index in [0.29, 0.717) is 18.4 Å². The van der Waals surface area contributed by atoms with Crippen molar-refractivity contribution >= 4 is 21.3 Å². The summed E-state index contributed by atoms with van der Waals surface area (Å²) in [5.41, 5.74) is 6.94. The highest BCUT2D eigenvalue weighted by molar-refractivity contribution is 7.85. The second-order valence-corrected chi connectivity index (χ2v) is 8.34. The average molecular weight is 399 g/mol. The second-order valence-electron chi connectivity index (χ2n) is 6.75. The lowest BCUT2D eigenvalue weighted by atomic mass is 10.1. The molecule has 2 radical (unpaired) electrons. The van der Waals surface area contributed by atoms with E-state index in [4.69, 9.17) is 27.1 Å². The Kier molecular flexibility index (Phi) is 5.00. The van der Waals surface area contributed by atoms with Crippen LogP contribution in [0.5, 0.6) is 0 Å². The molecule has 6 atom stereocenters. The highest BCUT2D eigenvalue weighted by Crippen LogP contribution is 2.58. The molecule has 0 aromatic rings. The van der Waals surface area contributed by atoms with E-state index in [1.807, 2.05) is 18.7 Å². The number of hydrogen-bond acceptors (Lipinski definition) is 11. The van der Waals surface area contributed by atoms with E-state index >= 15 is 0 Å². The Labute approximate surface area is 159 Å². The molecule has 148 valence electrons. The molecule has 4 rings (SSSR count). The van der Waals surface area contributed by atoms with Gasteiger partial charge in [0.2, 0.25) is 5.96 Å². The van der Waals surface area contributed by atoms with E-state index < -0.39 is 38.5 Å². The predicted octanol–water partition coefficient (Wildman–Crippen LogP) is -2.06. The second kappa shape index (κ2) is 7.04. The van der Waals surface area contributed by atoms with Gasteiger partial charge in [0.15, 0.2) is 12.3 Å². The Bertz CT molecular complexity index is 662. The Morgan fingerprint density at radius 2 is 2.19 bits per heavy atom. The van der Waals surface area contributed by atoms with Crippen LogP contribution in [0.25, 0.3) is 0 Å². The third-order valence-corrected chi connectivity index (χ3v) is 6.21. The zero-order valence-electron chi connectivity index (χ0n) is 15.3. The molecule has 4 heterocycles. The largest absolute Gasteiger partial charge is 0.488 e. The summed E-state index contributed by atoms with van der Waals surface area (Å²) in [6.45, 7) is 6.08. The molecule has 0 saturated carbocycles. The van der Waals surface area contributed by atoms with Gasteiger partial charge >= 0.3 is 15.4 Å². The third kappa shape index (κ3) is 3.29. The molecule has 13 heteroatoms. The van der Waals surface area contributed by atoms with Crippen molar-refractivity contribution in [3.05, 3.63) is 11.5 Å². The first-order valence-corrected chi connectivity index (χ1v) is 10.7. The number of nitrogens with two attached hydrogens (primary N) is 1. The van der Waals surface area contributed by atoms with Gasteiger partial charge in [0.1, 0.15) is 30.8 Å². The van der Waals surface area contributed by atoms with Crippen molar-refractivity contribution in [2.45, 2.75) is 44.6 Å². The van der Waals surface area contributed by atoms with Crippen molar-refractivity contribution in [1.29, 1.82) is 0 Å². The van der Waals surface area contributed by atoms with Gasteiger partial charge < -0.3 is 36.0 Å². The van der Waals surface area contributed by atoms with E-state index in [1.54, 1.807) is 0 Å². The molecule has 0 aromatic heterocycles. The van der Waals surface area contributed by atoms with Gasteiger partial charge in [0.25, 0.3) is 0 Å². The van der Waals surface area contributed by atoms with Gasteiger partial charge in [-0.15, -0.1) is 0 Å². The smallest absolute Gasteiger partial charge is 0.385 e. The van der Waals surface area contributed by atoms with Gasteiger partial charge in [-0.3, -0.25) is 0 Å². The van der Waals surface area contributed by atoms with E-state index in [2.05, 4.69) is 20.5 Å². The summed E-state index contributed by atoms with van der Waals surface area (Å²) < 4.78 is 16.4. The lowest BCUT2D eigenvalue weighted by Gasteiger charge is -2.34. The molecule has 27 heavy (non-hydrogen) atoms. The maximum Gasteiger partial charge on any atom is 0.488 e. The van der Waals surface area contributed by atoms with Crippen LogP contribution in [-0.2, 0) is 13.8 Å². The maximum absolute atomic E-state index is 10.8. The fourth-order valence-electron chi connectivity index (χ4n) is 3.73. The lowest BCUT2D eigenvalue weighted by molar-refractivity contribution is -0.0857. The number of rotatable bonds is 3. The van der Waals surface area contributed by atoms with Crippen molar-refractivity contribution in [3.63, 3.8) is 0 Å². The number of aliphatic hydroxyl groups is 1. The highest BCUT2D eigenvalue weighted by Gasteiger charge is 2.58. The fourth-order valence-corrected chi connectivity index (χ4v) is 4.76. The van der Waals surface area contributed by atoms with E-state index in [0.717, 1.165) is 18.8 Å². The Hall–Kier alpha value is -1.14. The molecule has 2 saturated heterocycles. The normalized spacial score (nSPS) is 40.9. The van der Waals surface area contributed by atoms with Gasteiger partial charge in [-0.1, -0.05) is 0 Å². The zero-order valence-corrected chi connectivity index (χ0v) is 16.2. The summed E-state index contributed by atoms with van der Waals surface area (Å²) >= 11 is 0. The van der Waals surface area contributed by atoms with Crippen molar-refractivity contribution in [3.8, 4) is 0 Å². The zero-order chi connectivity index (χ0) is 19.3. The summed E-state index contributed by atoms with van der Waals surface area (Å²) in [5.74, 6) is 1.38. The van der Waals surface area contributed by atoms with Gasteiger partial charge in [-0.05, 0) is 13.8 Å². The van der Waals surface area contributed by atoms with E-state index in [-0.39, 0.29) is 6.61 Å². The Morgan fingerprint density at radius 1 is 1.44 bits per heavy atom. The SMILES string of the molecule is [B][P+]1(O)OCC2OC(N3CNC4=C3NC(N(CC)CC)=NC4N)C(O)[C@@H]2O1. The molecule has 5 unspecified atom stereocenters. The molecular formula is C14H25BN6O5P+. The van der Waals surface area contributed by atoms with Crippen molar-refractivity contribution in [1.82, 2.24) is 20.4 Å². The number of nitrogens with zero attached hydrogens (tertiary/aromatic N) is 3. The molecule has 0 bridgehead atoms. The first-order valence-electron chi connectivity index (χ1n) is 9.01. The first-order chi connectivity index (χ1) is 12.8. The minimum absolute atomic E-state index is 0.0608. The highest BCUT2D eigenvalue weighted by atomic mass is 31.2. The first kappa shape index (κ1) is 19.2. The number of aliphatic imine (C=N–C) groups is 1. The lowest BCUT2D eigenvalue weighted by Crippen LogP contribution is -2.51. The Balaban J connectivity index is 1.54. The minimum Gasteiger partial charge on any atom is -0.385 e. The maximum atomic E-state index is 10.8. The number of nitrogens with one attached hydrogen (secondary N) is 2. The number of aliphatic hydroxyl groups excluding tert-OH is 1. The summed E-state index contributed by atoms with van der Waals surface area (Å²) in [6.07, 6.45) is -3.55. The van der Waals surface area contributed by atoms with Gasteiger partial charge in [0.05, 0.1) is 12.4 Å². The van der Waals surface area contributed by atoms with E-state index in [1.165, 1.54) is 0 Å². The van der Waals surface area contributed by atoms with Crippen LogP contribution in [0.3, 0.4) is 0 Å². The van der Waals surface area contributed by atoms with Crippen molar-refractivity contribution in [2.75, 3.05) is 26.4 Å². The van der Waals surface area contributed by atoms with Crippen molar-refractivity contribution < 1.29 is 23.8 Å². The van der Waals surface area contributed by atoms with Crippen LogP contribution in [0.15, 0.2) is 16.5 Å². The van der Waals surface area contributed by atoms with Gasteiger partial charge in [0, 0.05) is 13.1 Å². The molecule has 2 fully saturated rings. The van der Waals surface area contributed by atoms with Crippen LogP contribution in [0.2, 0.25) is 0 Å². The topological polar surface area (TPSA) is 137 Å². The molecular weight excluding hydrogens is 374 g/mol. The molecule has 0 spiro atoms. The van der Waals surface area contributed by atoms with Crippen LogP contribution in [0.1, 0.15) is 13.8 Å². The van der Waals surface area contributed by atoms with Crippen LogP contribution in [0.4, 0.5) is 0 Å².